The molecule has 0 heterocycles. The average Bonchev–Trinajstić information content (AvgIpc) is 2.64. The lowest BCUT2D eigenvalue weighted by molar-refractivity contribution is 0.105. The van der Waals surface area contributed by atoms with Crippen LogP contribution in [0.25, 0.3) is 0 Å². The van der Waals surface area contributed by atoms with Crippen molar-refractivity contribution in [2.45, 2.75) is 19.2 Å². The summed E-state index contributed by atoms with van der Waals surface area (Å²) in [6.07, 6.45) is -0.551. The second-order valence-corrected chi connectivity index (χ2v) is 6.64. The second kappa shape index (κ2) is 10.3. The van der Waals surface area contributed by atoms with E-state index in [9.17, 15) is 5.11 Å². The maximum Gasteiger partial charge on any atom is 0.0917 e. The third-order valence-electron chi connectivity index (χ3n) is 4.18. The van der Waals surface area contributed by atoms with Crippen molar-refractivity contribution >= 4 is 24.0 Å². The maximum absolute atomic E-state index is 10.7. The van der Waals surface area contributed by atoms with E-state index in [1.54, 1.807) is 0 Å². The first-order valence-corrected chi connectivity index (χ1v) is 8.82. The lowest BCUT2D eigenvalue weighted by Gasteiger charge is -2.25. The van der Waals surface area contributed by atoms with Gasteiger partial charge in [0.2, 0.25) is 0 Å². The van der Waals surface area contributed by atoms with Crippen LogP contribution in [0.1, 0.15) is 22.8 Å². The summed E-state index contributed by atoms with van der Waals surface area (Å²) >= 11 is 5.94. The van der Waals surface area contributed by atoms with Crippen LogP contribution in [0.2, 0.25) is 5.02 Å². The Balaban J connectivity index is 0.00000243. The Morgan fingerprint density at radius 2 is 1.19 bits per heavy atom. The molecule has 0 saturated carbocycles. The van der Waals surface area contributed by atoms with Crippen LogP contribution >= 0.6 is 24.0 Å². The van der Waals surface area contributed by atoms with Crippen molar-refractivity contribution < 1.29 is 5.11 Å². The van der Waals surface area contributed by atoms with Gasteiger partial charge in [-0.25, -0.2) is 0 Å². The molecule has 0 bridgehead atoms. The fourth-order valence-corrected chi connectivity index (χ4v) is 3.03. The molecule has 0 fully saturated rings. The molecule has 0 aromatic heterocycles. The summed E-state index contributed by atoms with van der Waals surface area (Å²) in [6, 6.07) is 28.1. The van der Waals surface area contributed by atoms with Gasteiger partial charge in [-0.05, 0) is 28.8 Å². The van der Waals surface area contributed by atoms with Gasteiger partial charge in [0, 0.05) is 24.7 Å². The predicted molar refractivity (Wildman–Crippen MR) is 111 cm³/mol. The summed E-state index contributed by atoms with van der Waals surface area (Å²) in [4.78, 5) is 2.27. The highest BCUT2D eigenvalue weighted by molar-refractivity contribution is 6.30. The van der Waals surface area contributed by atoms with Gasteiger partial charge in [0.15, 0.2) is 0 Å². The second-order valence-electron chi connectivity index (χ2n) is 6.21. The third kappa shape index (κ3) is 6.15. The molecule has 4 heteroatoms. The summed E-state index contributed by atoms with van der Waals surface area (Å²) in [6.45, 7) is 2.15. The standard InChI is InChI=1S/C22H22ClNO.ClH/c23-21-13-11-20(12-14-21)22(25)17-24(15-18-7-3-1-4-8-18)16-19-9-5-2-6-10-19;/h1-14,22,25H,15-17H2;1H. The van der Waals surface area contributed by atoms with Crippen molar-refractivity contribution in [1.82, 2.24) is 4.90 Å². The number of benzene rings is 3. The summed E-state index contributed by atoms with van der Waals surface area (Å²) < 4.78 is 0. The summed E-state index contributed by atoms with van der Waals surface area (Å²) in [5, 5.41) is 11.3. The Morgan fingerprint density at radius 3 is 1.65 bits per heavy atom. The van der Waals surface area contributed by atoms with Gasteiger partial charge in [0.05, 0.1) is 6.10 Å². The van der Waals surface area contributed by atoms with Gasteiger partial charge in [-0.3, -0.25) is 4.90 Å². The highest BCUT2D eigenvalue weighted by atomic mass is 35.5. The Labute approximate surface area is 166 Å². The first-order valence-electron chi connectivity index (χ1n) is 8.44. The molecule has 1 N–H and O–H groups in total. The molecule has 1 unspecified atom stereocenters. The van der Waals surface area contributed by atoms with Gasteiger partial charge in [-0.2, -0.15) is 0 Å². The molecule has 0 aliphatic heterocycles. The number of aliphatic hydroxyl groups excluding tert-OH is 1. The molecule has 0 amide bonds. The SMILES string of the molecule is Cl.OC(CN(Cc1ccccc1)Cc1ccccc1)c1ccc(Cl)cc1. The molecule has 2 nitrogen and oxygen atoms in total. The Bertz CT molecular complexity index is 722. The van der Waals surface area contributed by atoms with Crippen LogP contribution in [0.4, 0.5) is 0 Å². The number of aliphatic hydroxyl groups is 1. The Morgan fingerprint density at radius 1 is 0.731 bits per heavy atom. The molecule has 0 aliphatic carbocycles. The van der Waals surface area contributed by atoms with Crippen molar-refractivity contribution in [3.8, 4) is 0 Å². The predicted octanol–water partition coefficient (Wildman–Crippen LogP) is 5.50. The van der Waals surface area contributed by atoms with Crippen LogP contribution in [-0.2, 0) is 13.1 Å². The van der Waals surface area contributed by atoms with E-state index in [0.29, 0.717) is 11.6 Å². The zero-order chi connectivity index (χ0) is 17.5. The smallest absolute Gasteiger partial charge is 0.0917 e. The minimum absolute atomic E-state index is 0. The first-order chi connectivity index (χ1) is 12.2. The minimum Gasteiger partial charge on any atom is -0.387 e. The fourth-order valence-electron chi connectivity index (χ4n) is 2.90. The molecular weight excluding hydrogens is 365 g/mol. The molecule has 136 valence electrons. The Hall–Kier alpha value is -1.84. The lowest BCUT2D eigenvalue weighted by Crippen LogP contribution is -2.28. The number of halogens is 2. The monoisotopic (exact) mass is 387 g/mol. The van der Waals surface area contributed by atoms with Crippen LogP contribution in [0.5, 0.6) is 0 Å². The zero-order valence-electron chi connectivity index (χ0n) is 14.5. The zero-order valence-corrected chi connectivity index (χ0v) is 16.0. The maximum atomic E-state index is 10.7. The molecule has 3 aromatic carbocycles. The molecule has 26 heavy (non-hydrogen) atoms. The topological polar surface area (TPSA) is 23.5 Å². The highest BCUT2D eigenvalue weighted by Crippen LogP contribution is 2.20. The van der Waals surface area contributed by atoms with Crippen molar-refractivity contribution in [2.75, 3.05) is 6.54 Å². The van der Waals surface area contributed by atoms with Crippen molar-refractivity contribution in [1.29, 1.82) is 0 Å². The molecule has 0 aliphatic rings. The molecular formula is C22H23Cl2NO. The quantitative estimate of drug-likeness (QED) is 0.578. The van der Waals surface area contributed by atoms with Gasteiger partial charge >= 0.3 is 0 Å². The minimum atomic E-state index is -0.551. The summed E-state index contributed by atoms with van der Waals surface area (Å²) in [7, 11) is 0. The average molecular weight is 388 g/mol. The number of nitrogens with zero attached hydrogens (tertiary/aromatic N) is 1. The van der Waals surface area contributed by atoms with E-state index in [-0.39, 0.29) is 12.4 Å². The summed E-state index contributed by atoms with van der Waals surface area (Å²) in [5.41, 5.74) is 3.36. The van der Waals surface area contributed by atoms with Gasteiger partial charge in [-0.1, -0.05) is 84.4 Å². The van der Waals surface area contributed by atoms with Crippen LogP contribution < -0.4 is 0 Å². The van der Waals surface area contributed by atoms with Crippen LogP contribution in [-0.4, -0.2) is 16.6 Å². The van der Waals surface area contributed by atoms with Gasteiger partial charge in [-0.15, -0.1) is 12.4 Å². The number of rotatable bonds is 7. The normalized spacial score (nSPS) is 11.8. The molecule has 3 rings (SSSR count). The van der Waals surface area contributed by atoms with E-state index in [0.717, 1.165) is 18.7 Å². The number of hydrogen-bond donors (Lipinski definition) is 1. The van der Waals surface area contributed by atoms with Gasteiger partial charge in [0.1, 0.15) is 0 Å². The third-order valence-corrected chi connectivity index (χ3v) is 4.44. The molecule has 0 spiro atoms. The van der Waals surface area contributed by atoms with Crippen molar-refractivity contribution in [3.63, 3.8) is 0 Å². The van der Waals surface area contributed by atoms with Crippen molar-refractivity contribution in [2.24, 2.45) is 0 Å². The largest absolute Gasteiger partial charge is 0.387 e. The van der Waals surface area contributed by atoms with E-state index < -0.39 is 6.10 Å². The van der Waals surface area contributed by atoms with E-state index >= 15 is 0 Å². The highest BCUT2D eigenvalue weighted by Gasteiger charge is 2.14. The van der Waals surface area contributed by atoms with Crippen LogP contribution in [0.15, 0.2) is 84.9 Å². The number of hydrogen-bond acceptors (Lipinski definition) is 2. The van der Waals surface area contributed by atoms with Gasteiger partial charge in [0.25, 0.3) is 0 Å². The van der Waals surface area contributed by atoms with E-state index in [2.05, 4.69) is 29.2 Å². The van der Waals surface area contributed by atoms with E-state index in [1.807, 2.05) is 60.7 Å². The van der Waals surface area contributed by atoms with E-state index in [1.165, 1.54) is 11.1 Å². The van der Waals surface area contributed by atoms with Crippen LogP contribution in [0.3, 0.4) is 0 Å². The first kappa shape index (κ1) is 20.5. The molecule has 0 saturated heterocycles. The lowest BCUT2D eigenvalue weighted by atomic mass is 10.1. The van der Waals surface area contributed by atoms with Crippen molar-refractivity contribution in [3.05, 3.63) is 107 Å². The van der Waals surface area contributed by atoms with Crippen LogP contribution in [0, 0.1) is 0 Å². The van der Waals surface area contributed by atoms with Gasteiger partial charge < -0.3 is 5.11 Å². The molecule has 1 atom stereocenters. The summed E-state index contributed by atoms with van der Waals surface area (Å²) in [5.74, 6) is 0. The fraction of sp³-hybridized carbons (Fsp3) is 0.182. The molecule has 0 radical (unpaired) electrons. The van der Waals surface area contributed by atoms with E-state index in [4.69, 9.17) is 11.6 Å². The molecule has 3 aromatic rings. The Kier molecular flexibility index (Phi) is 8.14.